The first kappa shape index (κ1) is 16.1. The lowest BCUT2D eigenvalue weighted by Crippen LogP contribution is -2.29. The van der Waals surface area contributed by atoms with Crippen molar-refractivity contribution in [3.8, 4) is 5.75 Å². The number of carbonyl (C=O) groups is 1. The Bertz CT molecular complexity index is 561. The smallest absolute Gasteiger partial charge is 0.308 e. The highest BCUT2D eigenvalue weighted by Crippen LogP contribution is 2.30. The minimum absolute atomic E-state index is 0.0168. The molecule has 5 nitrogen and oxygen atoms in total. The predicted molar refractivity (Wildman–Crippen MR) is 82.4 cm³/mol. The summed E-state index contributed by atoms with van der Waals surface area (Å²) in [5.74, 6) is 0.445. The van der Waals surface area contributed by atoms with Crippen LogP contribution in [0.15, 0.2) is 21.5 Å². The highest BCUT2D eigenvalue weighted by atomic mass is 79.9. The summed E-state index contributed by atoms with van der Waals surface area (Å²) in [5.41, 5.74) is -0.103. The number of carbonyl (C=O) groups excluding carboxylic acids is 1. The lowest BCUT2D eigenvalue weighted by molar-refractivity contribution is -0.149. The van der Waals surface area contributed by atoms with Gasteiger partial charge in [-0.3, -0.25) is 9.59 Å². The van der Waals surface area contributed by atoms with Gasteiger partial charge in [-0.15, -0.1) is 0 Å². The quantitative estimate of drug-likeness (QED) is 0.777. The number of aromatic nitrogens is 1. The fourth-order valence-corrected chi connectivity index (χ4v) is 3.04. The van der Waals surface area contributed by atoms with Crippen LogP contribution in [0.5, 0.6) is 5.75 Å². The monoisotopic (exact) mass is 357 g/mol. The molecule has 1 aromatic rings. The third-order valence-corrected chi connectivity index (χ3v) is 4.33. The Hall–Kier alpha value is -1.30. The van der Waals surface area contributed by atoms with Crippen LogP contribution >= 0.6 is 15.9 Å². The Morgan fingerprint density at radius 3 is 2.67 bits per heavy atom. The molecule has 0 aliphatic heterocycles. The molecule has 1 aromatic heterocycles. The maximum atomic E-state index is 11.7. The second kappa shape index (κ2) is 7.11. The largest absolute Gasteiger partial charge is 0.489 e. The average Bonchev–Trinajstić information content (AvgIpc) is 2.46. The topological polar surface area (TPSA) is 57.5 Å². The van der Waals surface area contributed by atoms with E-state index in [2.05, 4.69) is 15.9 Å². The van der Waals surface area contributed by atoms with Gasteiger partial charge >= 0.3 is 5.97 Å². The van der Waals surface area contributed by atoms with E-state index in [0.29, 0.717) is 12.4 Å². The SMILES string of the molecule is CCOC(=O)[C@H]1CC[C@H](Oc2cc(=O)n(C)cc2Br)CC1. The zero-order valence-electron chi connectivity index (χ0n) is 12.3. The molecule has 1 fully saturated rings. The van der Waals surface area contributed by atoms with Crippen molar-refractivity contribution in [3.63, 3.8) is 0 Å². The van der Waals surface area contributed by atoms with Crippen LogP contribution in [-0.2, 0) is 16.6 Å². The van der Waals surface area contributed by atoms with E-state index in [1.807, 2.05) is 6.92 Å². The van der Waals surface area contributed by atoms with E-state index in [0.717, 1.165) is 30.2 Å². The Kier molecular flexibility index (Phi) is 5.45. The predicted octanol–water partition coefficient (Wildman–Crippen LogP) is 2.65. The third-order valence-electron chi connectivity index (χ3n) is 3.73. The Labute approximate surface area is 132 Å². The van der Waals surface area contributed by atoms with E-state index in [9.17, 15) is 9.59 Å². The fraction of sp³-hybridized carbons (Fsp3) is 0.600. The summed E-state index contributed by atoms with van der Waals surface area (Å²) in [6, 6.07) is 1.49. The molecule has 0 spiro atoms. The van der Waals surface area contributed by atoms with Crippen LogP contribution in [0.4, 0.5) is 0 Å². The van der Waals surface area contributed by atoms with E-state index in [1.54, 1.807) is 13.2 Å². The highest BCUT2D eigenvalue weighted by molar-refractivity contribution is 9.10. The van der Waals surface area contributed by atoms with E-state index in [4.69, 9.17) is 9.47 Å². The molecule has 0 unspecified atom stereocenters. The molecule has 6 heteroatoms. The molecule has 0 atom stereocenters. The van der Waals surface area contributed by atoms with E-state index in [1.165, 1.54) is 10.6 Å². The van der Waals surface area contributed by atoms with Crippen LogP contribution in [0.25, 0.3) is 0 Å². The summed E-state index contributed by atoms with van der Waals surface area (Å²) >= 11 is 3.40. The zero-order chi connectivity index (χ0) is 15.4. The summed E-state index contributed by atoms with van der Waals surface area (Å²) in [7, 11) is 1.70. The molecule has 0 bridgehead atoms. The summed E-state index contributed by atoms with van der Waals surface area (Å²) in [5, 5.41) is 0. The van der Waals surface area contributed by atoms with Crippen LogP contribution in [0.1, 0.15) is 32.6 Å². The second-order valence-electron chi connectivity index (χ2n) is 5.28. The second-order valence-corrected chi connectivity index (χ2v) is 6.13. The van der Waals surface area contributed by atoms with Crippen molar-refractivity contribution in [1.29, 1.82) is 0 Å². The van der Waals surface area contributed by atoms with Crippen molar-refractivity contribution in [2.24, 2.45) is 13.0 Å². The summed E-state index contributed by atoms with van der Waals surface area (Å²) in [4.78, 5) is 23.3. The number of ether oxygens (including phenoxy) is 2. The minimum atomic E-state index is -0.106. The van der Waals surface area contributed by atoms with Gasteiger partial charge in [-0.1, -0.05) is 0 Å². The van der Waals surface area contributed by atoms with Gasteiger partial charge in [0.2, 0.25) is 0 Å². The molecule has 2 rings (SSSR count). The lowest BCUT2D eigenvalue weighted by atomic mass is 9.87. The molecule has 1 aliphatic carbocycles. The van der Waals surface area contributed by atoms with Crippen molar-refractivity contribution in [2.75, 3.05) is 6.61 Å². The molecule has 21 heavy (non-hydrogen) atoms. The zero-order valence-corrected chi connectivity index (χ0v) is 13.9. The Balaban J connectivity index is 1.93. The van der Waals surface area contributed by atoms with Crippen LogP contribution in [-0.4, -0.2) is 23.2 Å². The van der Waals surface area contributed by atoms with E-state index >= 15 is 0 Å². The molecule has 0 aromatic carbocycles. The average molecular weight is 358 g/mol. The number of hydrogen-bond donors (Lipinski definition) is 0. The van der Waals surface area contributed by atoms with Crippen LogP contribution in [0.2, 0.25) is 0 Å². The first-order chi connectivity index (χ1) is 10.0. The molecular formula is C15H20BrNO4. The maximum Gasteiger partial charge on any atom is 0.308 e. The molecule has 0 saturated heterocycles. The molecule has 0 amide bonds. The molecule has 1 aliphatic rings. The fourth-order valence-electron chi connectivity index (χ4n) is 2.53. The number of pyridine rings is 1. The van der Waals surface area contributed by atoms with Gasteiger partial charge in [0.1, 0.15) is 5.75 Å². The highest BCUT2D eigenvalue weighted by Gasteiger charge is 2.28. The van der Waals surface area contributed by atoms with Gasteiger partial charge in [0.05, 0.1) is 23.1 Å². The van der Waals surface area contributed by atoms with Crippen molar-refractivity contribution >= 4 is 21.9 Å². The normalized spacial score (nSPS) is 21.9. The molecule has 116 valence electrons. The van der Waals surface area contributed by atoms with Crippen LogP contribution < -0.4 is 10.3 Å². The van der Waals surface area contributed by atoms with E-state index < -0.39 is 0 Å². The number of aryl methyl sites for hydroxylation is 1. The number of halogens is 1. The molecule has 0 radical (unpaired) electrons. The molecule has 1 saturated carbocycles. The Morgan fingerprint density at radius 1 is 1.38 bits per heavy atom. The van der Waals surface area contributed by atoms with Gasteiger partial charge in [0.15, 0.2) is 0 Å². The lowest BCUT2D eigenvalue weighted by Gasteiger charge is -2.28. The number of nitrogens with zero attached hydrogens (tertiary/aromatic N) is 1. The van der Waals surface area contributed by atoms with Gasteiger partial charge < -0.3 is 14.0 Å². The third kappa shape index (κ3) is 4.09. The number of rotatable bonds is 4. The minimum Gasteiger partial charge on any atom is -0.489 e. The standard InChI is InChI=1S/C15H20BrNO4/c1-3-20-15(19)10-4-6-11(7-5-10)21-13-8-14(18)17(2)9-12(13)16/h8-11H,3-7H2,1-2H3/t10-,11-. The maximum absolute atomic E-state index is 11.7. The van der Waals surface area contributed by atoms with Crippen molar-refractivity contribution in [2.45, 2.75) is 38.7 Å². The van der Waals surface area contributed by atoms with Gasteiger partial charge in [-0.25, -0.2) is 0 Å². The van der Waals surface area contributed by atoms with Crippen molar-refractivity contribution in [3.05, 3.63) is 27.1 Å². The number of esters is 1. The summed E-state index contributed by atoms with van der Waals surface area (Å²) in [6.45, 7) is 2.25. The van der Waals surface area contributed by atoms with Crippen molar-refractivity contribution in [1.82, 2.24) is 4.57 Å². The van der Waals surface area contributed by atoms with Crippen LogP contribution in [0, 0.1) is 5.92 Å². The van der Waals surface area contributed by atoms with Gasteiger partial charge in [0.25, 0.3) is 5.56 Å². The van der Waals surface area contributed by atoms with Crippen molar-refractivity contribution < 1.29 is 14.3 Å². The number of hydrogen-bond acceptors (Lipinski definition) is 4. The van der Waals surface area contributed by atoms with Gasteiger partial charge in [-0.05, 0) is 48.5 Å². The molecular weight excluding hydrogens is 338 g/mol. The van der Waals surface area contributed by atoms with Crippen LogP contribution in [0.3, 0.4) is 0 Å². The molecule has 1 heterocycles. The first-order valence-corrected chi connectivity index (χ1v) is 8.00. The first-order valence-electron chi connectivity index (χ1n) is 7.20. The van der Waals surface area contributed by atoms with E-state index in [-0.39, 0.29) is 23.6 Å². The van der Waals surface area contributed by atoms with Gasteiger partial charge in [-0.2, -0.15) is 0 Å². The summed E-state index contributed by atoms with van der Waals surface area (Å²) in [6.07, 6.45) is 4.87. The molecule has 0 N–H and O–H groups in total. The van der Waals surface area contributed by atoms with Gasteiger partial charge in [0, 0.05) is 19.3 Å². The Morgan fingerprint density at radius 2 is 2.05 bits per heavy atom. The summed E-state index contributed by atoms with van der Waals surface area (Å²) < 4.78 is 13.2.